The third kappa shape index (κ3) is 1.81. The van der Waals surface area contributed by atoms with Crippen molar-refractivity contribution in [1.82, 2.24) is 0 Å². The summed E-state index contributed by atoms with van der Waals surface area (Å²) in [4.78, 5) is 0. The Morgan fingerprint density at radius 3 is 2.69 bits per heavy atom. The van der Waals surface area contributed by atoms with E-state index < -0.39 is 21.3 Å². The third-order valence-corrected chi connectivity index (χ3v) is 8.77. The number of hydrogen-bond acceptors (Lipinski definition) is 0. The van der Waals surface area contributed by atoms with Crippen LogP contribution in [0.5, 0.6) is 0 Å². The number of hydrogen-bond donors (Lipinski definition) is 0. The molecule has 0 atom stereocenters. The van der Waals surface area contributed by atoms with E-state index in [1.807, 2.05) is 0 Å². The Hall–Kier alpha value is -0.287. The van der Waals surface area contributed by atoms with Gasteiger partial charge < -0.3 is 0 Å². The van der Waals surface area contributed by atoms with E-state index in [1.165, 1.54) is 18.4 Å². The van der Waals surface area contributed by atoms with Gasteiger partial charge in [-0.05, 0) is 0 Å². The Balaban J connectivity index is 2.19. The van der Waals surface area contributed by atoms with Crippen LogP contribution in [-0.2, 0) is 21.3 Å². The normalized spacial score (nSPS) is 19.9. The SMILES string of the molecule is [CH2]=[Zr]([C]1=CC=CC1)[C]1=C(C)C=CC1. The first-order chi connectivity index (χ1) is 6.29. The second-order valence-electron chi connectivity index (χ2n) is 3.57. The van der Waals surface area contributed by atoms with Crippen LogP contribution < -0.4 is 0 Å². The van der Waals surface area contributed by atoms with Crippen molar-refractivity contribution in [3.05, 3.63) is 42.5 Å². The monoisotopic (exact) mass is 248 g/mol. The van der Waals surface area contributed by atoms with Crippen molar-refractivity contribution in [3.63, 3.8) is 0 Å². The Kier molecular flexibility index (Phi) is 2.74. The first-order valence-electron chi connectivity index (χ1n) is 4.70. The molecule has 0 nitrogen and oxygen atoms in total. The van der Waals surface area contributed by atoms with E-state index >= 15 is 0 Å². The summed E-state index contributed by atoms with van der Waals surface area (Å²) in [6.45, 7) is 2.23. The molecule has 0 fully saturated rings. The van der Waals surface area contributed by atoms with E-state index in [0.29, 0.717) is 0 Å². The van der Waals surface area contributed by atoms with Gasteiger partial charge in [-0.2, -0.15) is 0 Å². The molecule has 2 rings (SSSR count). The fourth-order valence-corrected chi connectivity index (χ4v) is 6.69. The summed E-state index contributed by atoms with van der Waals surface area (Å²) < 4.78 is 7.79. The van der Waals surface area contributed by atoms with E-state index in [-0.39, 0.29) is 0 Å². The number of rotatable bonds is 2. The van der Waals surface area contributed by atoms with Crippen LogP contribution in [0.3, 0.4) is 0 Å². The van der Waals surface area contributed by atoms with Crippen molar-refractivity contribution >= 4 is 4.21 Å². The number of allylic oxidation sites excluding steroid dienone is 8. The predicted octanol–water partition coefficient (Wildman–Crippen LogP) is 3.11. The molecular weight excluding hydrogens is 235 g/mol. The minimum absolute atomic E-state index is 1.18. The van der Waals surface area contributed by atoms with Gasteiger partial charge in [-0.15, -0.1) is 0 Å². The molecule has 2 aliphatic carbocycles. The molecule has 0 aromatic heterocycles. The summed E-state index contributed by atoms with van der Waals surface area (Å²) in [5.41, 5.74) is 1.50. The van der Waals surface area contributed by atoms with Crippen LogP contribution in [0.1, 0.15) is 19.8 Å². The first-order valence-corrected chi connectivity index (χ1v) is 8.90. The zero-order valence-electron chi connectivity index (χ0n) is 8.01. The minimum atomic E-state index is -1.58. The van der Waals surface area contributed by atoms with Gasteiger partial charge in [0.1, 0.15) is 0 Å². The molecule has 0 N–H and O–H groups in total. The average molecular weight is 249 g/mol. The van der Waals surface area contributed by atoms with Gasteiger partial charge in [-0.25, -0.2) is 0 Å². The van der Waals surface area contributed by atoms with E-state index in [2.05, 4.69) is 41.5 Å². The molecule has 1 heteroatoms. The maximum absolute atomic E-state index is 4.44. The predicted molar refractivity (Wildman–Crippen MR) is 55.4 cm³/mol. The molecule has 0 bridgehead atoms. The van der Waals surface area contributed by atoms with Gasteiger partial charge in [0.25, 0.3) is 0 Å². The quantitative estimate of drug-likeness (QED) is 0.705. The van der Waals surface area contributed by atoms with E-state index in [1.54, 1.807) is 6.56 Å². The molecule has 0 radical (unpaired) electrons. The molecule has 0 aromatic rings. The fourth-order valence-electron chi connectivity index (χ4n) is 1.84. The first kappa shape index (κ1) is 9.28. The van der Waals surface area contributed by atoms with E-state index in [4.69, 9.17) is 0 Å². The molecule has 13 heavy (non-hydrogen) atoms. The second kappa shape index (κ2) is 3.84. The van der Waals surface area contributed by atoms with Gasteiger partial charge in [-0.3, -0.25) is 0 Å². The average Bonchev–Trinajstić information content (AvgIpc) is 2.72. The van der Waals surface area contributed by atoms with Crippen LogP contribution in [0.15, 0.2) is 42.5 Å². The van der Waals surface area contributed by atoms with Crippen molar-refractivity contribution in [2.75, 3.05) is 0 Å². The molecule has 2 aliphatic rings. The third-order valence-electron chi connectivity index (χ3n) is 2.69. The molecule has 0 saturated heterocycles. The van der Waals surface area contributed by atoms with Gasteiger partial charge in [-0.1, -0.05) is 0 Å². The summed E-state index contributed by atoms with van der Waals surface area (Å²) in [5, 5.41) is 0. The molecule has 0 heterocycles. The summed E-state index contributed by atoms with van der Waals surface area (Å²) in [7, 11) is 0. The van der Waals surface area contributed by atoms with E-state index in [9.17, 15) is 0 Å². The molecule has 0 aliphatic heterocycles. The molecular formula is C12H14Zr. The molecule has 0 aromatic carbocycles. The zero-order chi connectivity index (χ0) is 9.26. The van der Waals surface area contributed by atoms with Crippen LogP contribution in [0.2, 0.25) is 0 Å². The van der Waals surface area contributed by atoms with Crippen molar-refractivity contribution < 1.29 is 21.3 Å². The summed E-state index contributed by atoms with van der Waals surface area (Å²) in [5.74, 6) is 0. The molecule has 66 valence electrons. The van der Waals surface area contributed by atoms with Crippen molar-refractivity contribution in [1.29, 1.82) is 0 Å². The standard InChI is InChI=1S/C6H7.C5H5.CH2.Zr/c1-6-4-2-3-5-6;1-2-4-5-3-1;;/h2,4H,3H2,1H3;1-3H,4H2;1H2;. The molecule has 0 saturated carbocycles. The van der Waals surface area contributed by atoms with Crippen LogP contribution in [0.25, 0.3) is 0 Å². The summed E-state index contributed by atoms with van der Waals surface area (Å²) >= 11 is -1.58. The van der Waals surface area contributed by atoms with Gasteiger partial charge in [0.2, 0.25) is 0 Å². The molecule has 0 spiro atoms. The summed E-state index contributed by atoms with van der Waals surface area (Å²) in [6, 6.07) is 0. The maximum atomic E-state index is 4.44. The molecule has 0 unspecified atom stereocenters. The Morgan fingerprint density at radius 1 is 1.31 bits per heavy atom. The Morgan fingerprint density at radius 2 is 2.15 bits per heavy atom. The van der Waals surface area contributed by atoms with Crippen LogP contribution in [0, 0.1) is 0 Å². The van der Waals surface area contributed by atoms with E-state index in [0.717, 1.165) is 0 Å². The zero-order valence-corrected chi connectivity index (χ0v) is 10.5. The second-order valence-corrected chi connectivity index (χ2v) is 8.99. The Bertz CT molecular complexity index is 365. The van der Waals surface area contributed by atoms with Crippen molar-refractivity contribution in [3.8, 4) is 0 Å². The van der Waals surface area contributed by atoms with Crippen molar-refractivity contribution in [2.24, 2.45) is 0 Å². The van der Waals surface area contributed by atoms with Crippen LogP contribution in [-0.4, -0.2) is 4.21 Å². The van der Waals surface area contributed by atoms with Gasteiger partial charge in [0.05, 0.1) is 0 Å². The van der Waals surface area contributed by atoms with Crippen molar-refractivity contribution in [2.45, 2.75) is 19.8 Å². The van der Waals surface area contributed by atoms with Gasteiger partial charge in [0.15, 0.2) is 0 Å². The topological polar surface area (TPSA) is 0 Å². The van der Waals surface area contributed by atoms with Gasteiger partial charge in [0, 0.05) is 0 Å². The Labute approximate surface area is 87.5 Å². The fraction of sp³-hybridized carbons (Fsp3) is 0.250. The summed E-state index contributed by atoms with van der Waals surface area (Å²) in [6.07, 6.45) is 13.6. The van der Waals surface area contributed by atoms with Gasteiger partial charge >= 0.3 is 87.8 Å². The molecule has 0 amide bonds. The van der Waals surface area contributed by atoms with Crippen LogP contribution in [0.4, 0.5) is 0 Å². The van der Waals surface area contributed by atoms with Crippen LogP contribution >= 0.6 is 0 Å².